The van der Waals surface area contributed by atoms with Crippen LogP contribution in [0.15, 0.2) is 23.2 Å². The lowest BCUT2D eigenvalue weighted by Crippen LogP contribution is -2.44. The number of ether oxygens (including phenoxy) is 1. The minimum Gasteiger partial charge on any atom is -0.370 e. The topological polar surface area (TPSA) is 50.8 Å². The number of nitrogens with two attached hydrogens (primary N) is 1. The van der Waals surface area contributed by atoms with Crippen LogP contribution < -0.4 is 5.73 Å². The molecule has 3 spiro atoms. The van der Waals surface area contributed by atoms with Gasteiger partial charge in [0.15, 0.2) is 5.96 Å². The first-order valence-corrected chi connectivity index (χ1v) is 11.0. The van der Waals surface area contributed by atoms with Crippen molar-refractivity contribution in [2.24, 2.45) is 21.6 Å². The SMILES string of the molecule is CC(C)N1COC23CCCC[C@]24Cc2ccc(CC(C)(C)C)cc2C34N=C1N. The minimum absolute atomic E-state index is 0.120. The van der Waals surface area contributed by atoms with Crippen LogP contribution in [0.25, 0.3) is 0 Å². The number of hydrogen-bond acceptors (Lipinski definition) is 4. The third-order valence-electron chi connectivity index (χ3n) is 7.81. The summed E-state index contributed by atoms with van der Waals surface area (Å²) in [5, 5.41) is 0. The van der Waals surface area contributed by atoms with Gasteiger partial charge in [0.2, 0.25) is 0 Å². The molecule has 4 heteroatoms. The van der Waals surface area contributed by atoms with Gasteiger partial charge >= 0.3 is 0 Å². The van der Waals surface area contributed by atoms with Crippen molar-refractivity contribution in [3.05, 3.63) is 34.9 Å². The Balaban J connectivity index is 1.67. The van der Waals surface area contributed by atoms with E-state index in [2.05, 4.69) is 57.7 Å². The maximum atomic E-state index is 6.79. The van der Waals surface area contributed by atoms with E-state index in [1.165, 1.54) is 36.0 Å². The van der Waals surface area contributed by atoms with Crippen LogP contribution in [-0.4, -0.2) is 29.2 Å². The maximum absolute atomic E-state index is 6.79. The van der Waals surface area contributed by atoms with Crippen LogP contribution >= 0.6 is 0 Å². The molecular weight excluding hydrogens is 346 g/mol. The predicted molar refractivity (Wildman–Crippen MR) is 113 cm³/mol. The summed E-state index contributed by atoms with van der Waals surface area (Å²) in [4.78, 5) is 7.46. The van der Waals surface area contributed by atoms with E-state index in [1.54, 1.807) is 0 Å². The van der Waals surface area contributed by atoms with E-state index in [0.717, 1.165) is 19.3 Å². The third kappa shape index (κ3) is 2.08. The van der Waals surface area contributed by atoms with Gasteiger partial charge in [-0.1, -0.05) is 51.8 Å². The first-order valence-electron chi connectivity index (χ1n) is 11.0. The Hall–Kier alpha value is -1.55. The van der Waals surface area contributed by atoms with Gasteiger partial charge in [0, 0.05) is 11.5 Å². The van der Waals surface area contributed by atoms with Crippen molar-refractivity contribution in [1.82, 2.24) is 4.90 Å². The summed E-state index contributed by atoms with van der Waals surface area (Å²) < 4.78 is 6.79. The highest BCUT2D eigenvalue weighted by Gasteiger charge is 2.92. The van der Waals surface area contributed by atoms with Crippen molar-refractivity contribution >= 4 is 5.96 Å². The Bertz CT molecular complexity index is 854. The summed E-state index contributed by atoms with van der Waals surface area (Å²) in [6, 6.07) is 7.43. The van der Waals surface area contributed by atoms with Crippen molar-refractivity contribution < 1.29 is 4.74 Å². The average molecular weight is 382 g/mol. The first kappa shape index (κ1) is 18.5. The molecule has 4 nitrogen and oxygen atoms in total. The third-order valence-corrected chi connectivity index (χ3v) is 7.81. The summed E-state index contributed by atoms with van der Waals surface area (Å²) >= 11 is 0. The fourth-order valence-corrected chi connectivity index (χ4v) is 6.78. The lowest BCUT2D eigenvalue weighted by Gasteiger charge is -2.33. The second kappa shape index (κ2) is 5.53. The van der Waals surface area contributed by atoms with Gasteiger partial charge in [-0.05, 0) is 61.6 Å². The number of fused-ring (bicyclic) bond motifs is 1. The van der Waals surface area contributed by atoms with E-state index >= 15 is 0 Å². The van der Waals surface area contributed by atoms with Crippen LogP contribution in [0.3, 0.4) is 0 Å². The van der Waals surface area contributed by atoms with E-state index in [4.69, 9.17) is 15.5 Å². The van der Waals surface area contributed by atoms with Gasteiger partial charge in [0.25, 0.3) is 0 Å². The number of hydrogen-bond donors (Lipinski definition) is 1. The van der Waals surface area contributed by atoms with Crippen LogP contribution in [0.2, 0.25) is 0 Å². The van der Waals surface area contributed by atoms with Gasteiger partial charge in [0.1, 0.15) is 17.9 Å². The van der Waals surface area contributed by atoms with E-state index < -0.39 is 0 Å². The monoisotopic (exact) mass is 381 g/mol. The van der Waals surface area contributed by atoms with Crippen LogP contribution in [0.5, 0.6) is 0 Å². The lowest BCUT2D eigenvalue weighted by molar-refractivity contribution is -0.0644. The molecule has 2 N–H and O–H groups in total. The van der Waals surface area contributed by atoms with E-state index in [0.29, 0.717) is 18.7 Å². The van der Waals surface area contributed by atoms with Gasteiger partial charge in [-0.2, -0.15) is 0 Å². The second-order valence-electron chi connectivity index (χ2n) is 11.0. The number of guanidine groups is 1. The molecule has 0 radical (unpaired) electrons. The Labute approximate surface area is 169 Å². The molecule has 5 rings (SSSR count). The molecular formula is C24H35N3O. The predicted octanol–water partition coefficient (Wildman–Crippen LogP) is 4.35. The van der Waals surface area contributed by atoms with Crippen molar-refractivity contribution in [2.45, 2.75) is 90.3 Å². The number of rotatable bonds is 2. The normalized spacial score (nSPS) is 36.2. The quantitative estimate of drug-likeness (QED) is 0.828. The molecule has 1 aromatic rings. The highest BCUT2D eigenvalue weighted by Crippen LogP contribution is 2.85. The van der Waals surface area contributed by atoms with Gasteiger partial charge in [-0.15, -0.1) is 0 Å². The summed E-state index contributed by atoms with van der Waals surface area (Å²) in [6.07, 6.45) is 7.00. The highest BCUT2D eigenvalue weighted by atomic mass is 16.5. The largest absolute Gasteiger partial charge is 0.370 e. The van der Waals surface area contributed by atoms with Crippen molar-refractivity contribution in [2.75, 3.05) is 6.73 Å². The molecule has 2 saturated carbocycles. The molecule has 28 heavy (non-hydrogen) atoms. The van der Waals surface area contributed by atoms with E-state index in [1.807, 2.05) is 0 Å². The molecule has 0 aromatic heterocycles. The van der Waals surface area contributed by atoms with E-state index in [-0.39, 0.29) is 22.0 Å². The molecule has 1 aliphatic heterocycles. The summed E-state index contributed by atoms with van der Waals surface area (Å²) in [5.74, 6) is 0.662. The molecule has 3 atom stereocenters. The lowest BCUT2D eigenvalue weighted by atomic mass is 9.81. The fourth-order valence-electron chi connectivity index (χ4n) is 6.78. The van der Waals surface area contributed by atoms with Crippen LogP contribution in [0, 0.1) is 10.8 Å². The fraction of sp³-hybridized carbons (Fsp3) is 0.708. The Morgan fingerprint density at radius 1 is 1.21 bits per heavy atom. The molecule has 1 heterocycles. The standard InChI is InChI=1S/C24H35N3O/c1-16(2)27-15-28-23-11-7-6-10-22(23)14-18-9-8-17(13-21(3,4)5)12-19(18)24(22,23)26-20(27)25/h8-9,12,16H,6-7,10-11,13-15H2,1-5H3,(H2,25,26)/t22-,23?,24?/m0/s1. The Morgan fingerprint density at radius 2 is 1.96 bits per heavy atom. The zero-order valence-corrected chi connectivity index (χ0v) is 18.1. The number of aliphatic imine (C=N–C) groups is 1. The molecule has 2 fully saturated rings. The van der Waals surface area contributed by atoms with Crippen LogP contribution in [0.4, 0.5) is 0 Å². The molecule has 4 aliphatic rings. The molecule has 1 aromatic carbocycles. The number of nitrogens with zero attached hydrogens (tertiary/aromatic N) is 2. The van der Waals surface area contributed by atoms with Crippen LogP contribution in [-0.2, 0) is 23.1 Å². The number of benzene rings is 1. The summed E-state index contributed by atoms with van der Waals surface area (Å²) in [5.41, 5.74) is 10.8. The average Bonchev–Trinajstić information content (AvgIpc) is 3.02. The molecule has 2 unspecified atom stereocenters. The molecule has 0 saturated heterocycles. The van der Waals surface area contributed by atoms with Crippen molar-refractivity contribution in [3.8, 4) is 0 Å². The Morgan fingerprint density at radius 3 is 2.68 bits per heavy atom. The van der Waals surface area contributed by atoms with Gasteiger partial charge < -0.3 is 15.4 Å². The maximum Gasteiger partial charge on any atom is 0.194 e. The summed E-state index contributed by atoms with van der Waals surface area (Å²) in [7, 11) is 0. The minimum atomic E-state index is -0.270. The molecule has 152 valence electrons. The van der Waals surface area contributed by atoms with Gasteiger partial charge in [-0.25, -0.2) is 4.99 Å². The van der Waals surface area contributed by atoms with Crippen LogP contribution in [0.1, 0.15) is 77.0 Å². The summed E-state index contributed by atoms with van der Waals surface area (Å²) in [6.45, 7) is 11.8. The zero-order valence-electron chi connectivity index (χ0n) is 18.1. The van der Waals surface area contributed by atoms with Crippen molar-refractivity contribution in [1.29, 1.82) is 0 Å². The van der Waals surface area contributed by atoms with Crippen molar-refractivity contribution in [3.63, 3.8) is 0 Å². The molecule has 0 amide bonds. The molecule has 3 aliphatic carbocycles. The smallest absolute Gasteiger partial charge is 0.194 e. The van der Waals surface area contributed by atoms with Gasteiger partial charge in [0.05, 0.1) is 0 Å². The molecule has 0 bridgehead atoms. The van der Waals surface area contributed by atoms with Gasteiger partial charge in [-0.3, -0.25) is 0 Å². The highest BCUT2D eigenvalue weighted by molar-refractivity contribution is 5.81. The first-order chi connectivity index (χ1) is 13.2. The second-order valence-corrected chi connectivity index (χ2v) is 11.0. The van der Waals surface area contributed by atoms with E-state index in [9.17, 15) is 0 Å². The Kier molecular flexibility index (Phi) is 3.65. The zero-order chi connectivity index (χ0) is 19.9.